The van der Waals surface area contributed by atoms with Crippen LogP contribution in [0.3, 0.4) is 0 Å². The van der Waals surface area contributed by atoms with Crippen molar-refractivity contribution in [2.24, 2.45) is 7.05 Å². The molecule has 1 aromatic carbocycles. The summed E-state index contributed by atoms with van der Waals surface area (Å²) in [5.74, 6) is 0.0842. The fourth-order valence-corrected chi connectivity index (χ4v) is 2.66. The van der Waals surface area contributed by atoms with Crippen LogP contribution < -0.4 is 4.90 Å². The zero-order valence-electron chi connectivity index (χ0n) is 11.3. The van der Waals surface area contributed by atoms with Crippen LogP contribution in [0.5, 0.6) is 0 Å². The first-order valence-electron chi connectivity index (χ1n) is 6.62. The van der Waals surface area contributed by atoms with Gasteiger partial charge in [0.2, 0.25) is 0 Å². The molecule has 2 aromatic rings. The number of carbonyl (C=O) groups excluding carboxylic acids is 1. The van der Waals surface area contributed by atoms with Gasteiger partial charge in [0, 0.05) is 18.8 Å². The van der Waals surface area contributed by atoms with Crippen molar-refractivity contribution in [3.05, 3.63) is 47.3 Å². The van der Waals surface area contributed by atoms with E-state index in [0.717, 1.165) is 24.1 Å². The van der Waals surface area contributed by atoms with E-state index in [1.165, 1.54) is 11.1 Å². The van der Waals surface area contributed by atoms with Crippen LogP contribution in [-0.2, 0) is 20.0 Å². The highest BCUT2D eigenvalue weighted by molar-refractivity contribution is 6.10. The molecular formula is C15H17N3O. The number of carbonyl (C=O) groups is 1. The lowest BCUT2D eigenvalue weighted by Gasteiger charge is -2.12. The van der Waals surface area contributed by atoms with E-state index in [0.29, 0.717) is 6.54 Å². The molecule has 4 heteroatoms. The molecule has 1 aromatic heterocycles. The second-order valence-electron chi connectivity index (χ2n) is 4.96. The van der Waals surface area contributed by atoms with Crippen molar-refractivity contribution in [1.82, 2.24) is 9.78 Å². The minimum Gasteiger partial charge on any atom is -0.301 e. The van der Waals surface area contributed by atoms with Crippen LogP contribution in [0.4, 0.5) is 5.69 Å². The number of anilines is 1. The largest absolute Gasteiger partial charge is 0.301 e. The molecule has 0 N–H and O–H groups in total. The van der Waals surface area contributed by atoms with E-state index in [-0.39, 0.29) is 5.91 Å². The minimum absolute atomic E-state index is 0.0842. The van der Waals surface area contributed by atoms with Crippen LogP contribution in [0.25, 0.3) is 0 Å². The number of hydrogen-bond acceptors (Lipinski definition) is 2. The molecule has 1 amide bonds. The smallest absolute Gasteiger partial charge is 0.259 e. The molecule has 0 fully saturated rings. The molecule has 0 unspecified atom stereocenters. The molecule has 0 aliphatic carbocycles. The Balaban J connectivity index is 1.99. The van der Waals surface area contributed by atoms with Gasteiger partial charge in [0.25, 0.3) is 5.91 Å². The molecule has 4 nitrogen and oxygen atoms in total. The molecule has 98 valence electrons. The van der Waals surface area contributed by atoms with E-state index in [9.17, 15) is 4.79 Å². The lowest BCUT2D eigenvalue weighted by Crippen LogP contribution is -2.22. The number of benzene rings is 1. The quantitative estimate of drug-likeness (QED) is 0.845. The van der Waals surface area contributed by atoms with Crippen molar-refractivity contribution < 1.29 is 4.79 Å². The zero-order valence-corrected chi connectivity index (χ0v) is 11.3. The molecule has 0 spiro atoms. The van der Waals surface area contributed by atoms with Gasteiger partial charge in [-0.05, 0) is 23.6 Å². The molecule has 0 radical (unpaired) electrons. The zero-order chi connectivity index (χ0) is 13.4. The third-order valence-electron chi connectivity index (χ3n) is 3.59. The van der Waals surface area contributed by atoms with E-state index in [1.54, 1.807) is 15.8 Å². The predicted molar refractivity (Wildman–Crippen MR) is 74.2 cm³/mol. The molecule has 2 heterocycles. The molecule has 1 aliphatic heterocycles. The summed E-state index contributed by atoms with van der Waals surface area (Å²) < 4.78 is 1.72. The maximum Gasteiger partial charge on any atom is 0.259 e. The van der Waals surface area contributed by atoms with Gasteiger partial charge < -0.3 is 4.90 Å². The molecule has 1 aliphatic rings. The van der Waals surface area contributed by atoms with Gasteiger partial charge in [0.05, 0.1) is 18.4 Å². The Hall–Kier alpha value is -2.10. The Kier molecular flexibility index (Phi) is 2.85. The molecule has 19 heavy (non-hydrogen) atoms. The summed E-state index contributed by atoms with van der Waals surface area (Å²) in [4.78, 5) is 14.3. The fraction of sp³-hybridized carbons (Fsp3) is 0.333. The lowest BCUT2D eigenvalue weighted by atomic mass is 10.00. The van der Waals surface area contributed by atoms with Crippen molar-refractivity contribution in [2.45, 2.75) is 26.3 Å². The normalized spacial score (nSPS) is 14.0. The SMILES string of the molecule is CCCc1cccc2c1CN(c1cnn(C)c1)C2=O. The van der Waals surface area contributed by atoms with Crippen LogP contribution in [0.15, 0.2) is 30.6 Å². The highest BCUT2D eigenvalue weighted by atomic mass is 16.2. The monoisotopic (exact) mass is 255 g/mol. The van der Waals surface area contributed by atoms with E-state index in [4.69, 9.17) is 0 Å². The van der Waals surface area contributed by atoms with E-state index in [2.05, 4.69) is 18.1 Å². The number of hydrogen-bond donors (Lipinski definition) is 0. The van der Waals surface area contributed by atoms with Gasteiger partial charge in [0.15, 0.2) is 0 Å². The van der Waals surface area contributed by atoms with Crippen molar-refractivity contribution in [1.29, 1.82) is 0 Å². The average molecular weight is 255 g/mol. The molecular weight excluding hydrogens is 238 g/mol. The van der Waals surface area contributed by atoms with Crippen LogP contribution in [0.2, 0.25) is 0 Å². The van der Waals surface area contributed by atoms with Gasteiger partial charge in [-0.2, -0.15) is 5.10 Å². The van der Waals surface area contributed by atoms with Gasteiger partial charge in [-0.25, -0.2) is 0 Å². The number of nitrogens with zero attached hydrogens (tertiary/aromatic N) is 3. The topological polar surface area (TPSA) is 38.1 Å². The van der Waals surface area contributed by atoms with E-state index < -0.39 is 0 Å². The molecule has 0 atom stereocenters. The third kappa shape index (κ3) is 1.93. The summed E-state index contributed by atoms with van der Waals surface area (Å²) in [6.07, 6.45) is 5.74. The predicted octanol–water partition coefficient (Wildman–Crippen LogP) is 2.53. The van der Waals surface area contributed by atoms with Crippen molar-refractivity contribution in [2.75, 3.05) is 4.90 Å². The summed E-state index contributed by atoms with van der Waals surface area (Å²) in [5.41, 5.74) is 4.18. The fourth-order valence-electron chi connectivity index (χ4n) is 2.66. The van der Waals surface area contributed by atoms with Gasteiger partial charge in [0.1, 0.15) is 0 Å². The number of fused-ring (bicyclic) bond motifs is 1. The summed E-state index contributed by atoms with van der Waals surface area (Å²) in [7, 11) is 1.86. The van der Waals surface area contributed by atoms with Gasteiger partial charge in [-0.3, -0.25) is 9.48 Å². The van der Waals surface area contributed by atoms with Gasteiger partial charge in [-0.1, -0.05) is 25.5 Å². The standard InChI is InChI=1S/C15H17N3O/c1-3-5-11-6-4-7-13-14(11)10-18(15(13)19)12-8-16-17(2)9-12/h4,6-9H,3,5,10H2,1-2H3. The first kappa shape index (κ1) is 12.0. The van der Waals surface area contributed by atoms with Crippen LogP contribution >= 0.6 is 0 Å². The van der Waals surface area contributed by atoms with Crippen molar-refractivity contribution >= 4 is 11.6 Å². The second-order valence-corrected chi connectivity index (χ2v) is 4.96. The Morgan fingerprint density at radius 2 is 2.21 bits per heavy atom. The third-order valence-corrected chi connectivity index (χ3v) is 3.59. The van der Waals surface area contributed by atoms with Crippen molar-refractivity contribution in [3.8, 4) is 0 Å². The Labute approximate surface area is 112 Å². The summed E-state index contributed by atoms with van der Waals surface area (Å²) >= 11 is 0. The first-order valence-corrected chi connectivity index (χ1v) is 6.62. The number of rotatable bonds is 3. The Morgan fingerprint density at radius 1 is 1.37 bits per heavy atom. The van der Waals surface area contributed by atoms with Crippen LogP contribution in [0, 0.1) is 0 Å². The highest BCUT2D eigenvalue weighted by Gasteiger charge is 2.30. The number of aromatic nitrogens is 2. The summed E-state index contributed by atoms with van der Waals surface area (Å²) in [6.45, 7) is 2.82. The number of aryl methyl sites for hydroxylation is 2. The van der Waals surface area contributed by atoms with E-state index in [1.807, 2.05) is 25.4 Å². The minimum atomic E-state index is 0.0842. The molecule has 0 saturated carbocycles. The van der Waals surface area contributed by atoms with Crippen molar-refractivity contribution in [3.63, 3.8) is 0 Å². The maximum absolute atomic E-state index is 12.5. The maximum atomic E-state index is 12.5. The molecule has 3 rings (SSSR count). The second kappa shape index (κ2) is 4.53. The van der Waals surface area contributed by atoms with Crippen LogP contribution in [-0.4, -0.2) is 15.7 Å². The molecule has 0 bridgehead atoms. The average Bonchev–Trinajstić information content (AvgIpc) is 2.96. The first-order chi connectivity index (χ1) is 9.20. The van der Waals surface area contributed by atoms with Gasteiger partial charge >= 0.3 is 0 Å². The Morgan fingerprint density at radius 3 is 2.89 bits per heavy atom. The number of amides is 1. The van der Waals surface area contributed by atoms with Crippen LogP contribution in [0.1, 0.15) is 34.8 Å². The Bertz CT molecular complexity index is 630. The highest BCUT2D eigenvalue weighted by Crippen LogP contribution is 2.30. The summed E-state index contributed by atoms with van der Waals surface area (Å²) in [5, 5.41) is 4.14. The lowest BCUT2D eigenvalue weighted by molar-refractivity contribution is 0.0996. The van der Waals surface area contributed by atoms with Gasteiger partial charge in [-0.15, -0.1) is 0 Å². The summed E-state index contributed by atoms with van der Waals surface area (Å²) in [6, 6.07) is 6.03. The van der Waals surface area contributed by atoms with E-state index >= 15 is 0 Å². The molecule has 0 saturated heterocycles.